The molecule has 2 bridgehead atoms. The third kappa shape index (κ3) is 3.93. The minimum atomic E-state index is -0.471. The Morgan fingerprint density at radius 3 is 2.63 bits per heavy atom. The minimum absolute atomic E-state index is 0.0756. The summed E-state index contributed by atoms with van der Waals surface area (Å²) in [5.41, 5.74) is 3.01. The van der Waals surface area contributed by atoms with Gasteiger partial charge in [0.15, 0.2) is 11.6 Å². The Labute approximate surface area is 226 Å². The first-order valence-corrected chi connectivity index (χ1v) is 13.9. The number of phenols is 1. The number of likely N-dealkylation sites (N-methyl/N-ethyl adjacent to an activating group) is 1. The van der Waals surface area contributed by atoms with E-state index in [4.69, 9.17) is 21.6 Å². The molecule has 1 saturated carbocycles. The molecule has 5 nitrogen and oxygen atoms in total. The van der Waals surface area contributed by atoms with Gasteiger partial charge in [-0.2, -0.15) is 0 Å². The Hall–Kier alpha value is -3.22. The van der Waals surface area contributed by atoms with Crippen LogP contribution in [0.5, 0.6) is 5.75 Å². The van der Waals surface area contributed by atoms with Crippen molar-refractivity contribution in [2.75, 3.05) is 38.1 Å². The summed E-state index contributed by atoms with van der Waals surface area (Å²) in [6.45, 7) is 3.54. The molecule has 2 atom stereocenters. The molecule has 0 amide bonds. The van der Waals surface area contributed by atoms with E-state index in [0.717, 1.165) is 54.6 Å². The Kier molecular flexibility index (Phi) is 5.78. The van der Waals surface area contributed by atoms with Gasteiger partial charge in [0.05, 0.1) is 10.7 Å². The second-order valence-corrected chi connectivity index (χ2v) is 11.6. The fourth-order valence-electron chi connectivity index (χ4n) is 6.74. The number of nitrogens with zero attached hydrogens (tertiary/aromatic N) is 4. The van der Waals surface area contributed by atoms with Crippen LogP contribution < -0.4 is 4.90 Å². The van der Waals surface area contributed by atoms with E-state index in [1.54, 1.807) is 18.3 Å². The second kappa shape index (κ2) is 9.21. The maximum Gasteiger partial charge on any atom is 0.159 e. The van der Waals surface area contributed by atoms with Gasteiger partial charge in [-0.25, -0.2) is 14.4 Å². The Morgan fingerprint density at radius 1 is 1.08 bits per heavy atom. The van der Waals surface area contributed by atoms with Crippen molar-refractivity contribution in [3.05, 3.63) is 65.3 Å². The van der Waals surface area contributed by atoms with Crippen molar-refractivity contribution in [3.63, 3.8) is 0 Å². The standard InChI is InChI=1S/C31H30ClFN4O/c1-36-10-8-20(9-11-36)31-34-15-25-29(35-31)28(33)26(24-14-22(38)13-21-4-2-3-5-23(21)24)27(32)30(25)37-16-18-6-7-19(12-18)17-37/h2-5,8,13-15,18-19,38H,6-7,9-12,16-17H2,1H3. The molecular weight excluding hydrogens is 499 g/mol. The lowest BCUT2D eigenvalue weighted by Crippen LogP contribution is -2.36. The normalized spacial score (nSPS) is 21.9. The fourth-order valence-corrected chi connectivity index (χ4v) is 7.15. The number of hydrogen-bond acceptors (Lipinski definition) is 5. The SMILES string of the molecule is CN1CC=C(c2ncc3c(N4CC5CCC(C5)C4)c(Cl)c(-c4cc(O)cc5ccccc45)c(F)c3n2)CC1. The second-order valence-electron chi connectivity index (χ2n) is 11.2. The maximum atomic E-state index is 16.7. The van der Waals surface area contributed by atoms with Crippen molar-refractivity contribution in [3.8, 4) is 16.9 Å². The van der Waals surface area contributed by atoms with E-state index in [0.29, 0.717) is 39.2 Å². The van der Waals surface area contributed by atoms with Gasteiger partial charge in [-0.15, -0.1) is 0 Å². The van der Waals surface area contributed by atoms with Crippen LogP contribution in [0.4, 0.5) is 10.1 Å². The zero-order valence-electron chi connectivity index (χ0n) is 21.4. The van der Waals surface area contributed by atoms with E-state index < -0.39 is 5.82 Å². The summed E-state index contributed by atoms with van der Waals surface area (Å²) in [6, 6.07) is 11.0. The fraction of sp³-hybridized carbons (Fsp3) is 0.355. The smallest absolute Gasteiger partial charge is 0.159 e. The van der Waals surface area contributed by atoms with Crippen molar-refractivity contribution in [1.82, 2.24) is 14.9 Å². The number of phenolic OH excluding ortho intramolecular Hbond substituents is 1. The molecule has 2 aliphatic heterocycles. The average molecular weight is 529 g/mol. The van der Waals surface area contributed by atoms with E-state index in [2.05, 4.69) is 22.9 Å². The topological polar surface area (TPSA) is 52.5 Å². The summed E-state index contributed by atoms with van der Waals surface area (Å²) in [4.78, 5) is 14.1. The molecule has 2 unspecified atom stereocenters. The van der Waals surface area contributed by atoms with Crippen LogP contribution in [0.25, 0.3) is 38.4 Å². The molecule has 3 aromatic carbocycles. The van der Waals surface area contributed by atoms with Crippen LogP contribution in [-0.4, -0.2) is 53.2 Å². The lowest BCUT2D eigenvalue weighted by molar-refractivity contribution is 0.369. The van der Waals surface area contributed by atoms with Gasteiger partial charge in [-0.05, 0) is 78.6 Å². The third-order valence-electron chi connectivity index (χ3n) is 8.64. The van der Waals surface area contributed by atoms with Crippen LogP contribution in [0, 0.1) is 17.7 Å². The predicted octanol–water partition coefficient (Wildman–Crippen LogP) is 6.90. The summed E-state index contributed by atoms with van der Waals surface area (Å²) in [7, 11) is 2.08. The van der Waals surface area contributed by atoms with Gasteiger partial charge in [0.1, 0.15) is 11.3 Å². The van der Waals surface area contributed by atoms with E-state index in [1.165, 1.54) is 19.3 Å². The number of halogens is 2. The van der Waals surface area contributed by atoms with Gasteiger partial charge in [0.2, 0.25) is 0 Å². The molecule has 1 aromatic heterocycles. The first-order valence-electron chi connectivity index (χ1n) is 13.5. The molecular formula is C31H30ClFN4O. The van der Waals surface area contributed by atoms with Crippen LogP contribution in [-0.2, 0) is 0 Å². The quantitative estimate of drug-likeness (QED) is 0.313. The lowest BCUT2D eigenvalue weighted by atomic mass is 9.93. The predicted molar refractivity (Wildman–Crippen MR) is 152 cm³/mol. The van der Waals surface area contributed by atoms with Crippen molar-refractivity contribution >= 4 is 44.5 Å². The Morgan fingerprint density at radius 2 is 1.87 bits per heavy atom. The first kappa shape index (κ1) is 23.9. The average Bonchev–Trinajstić information content (AvgIpc) is 3.26. The molecule has 1 saturated heterocycles. The number of rotatable bonds is 3. The molecule has 0 radical (unpaired) electrons. The van der Waals surface area contributed by atoms with E-state index in [9.17, 15) is 5.11 Å². The Bertz CT molecular complexity index is 1610. The van der Waals surface area contributed by atoms with Gasteiger partial charge in [-0.1, -0.05) is 41.9 Å². The number of aromatic hydroxyl groups is 1. The number of aromatic nitrogens is 2. The van der Waals surface area contributed by atoms with Crippen LogP contribution in [0.2, 0.25) is 5.02 Å². The summed E-state index contributed by atoms with van der Waals surface area (Å²) < 4.78 is 16.7. The molecule has 7 heteroatoms. The number of fused-ring (bicyclic) bond motifs is 4. The van der Waals surface area contributed by atoms with Gasteiger partial charge in [0.25, 0.3) is 0 Å². The van der Waals surface area contributed by atoms with Crippen LogP contribution >= 0.6 is 11.6 Å². The Balaban J connectivity index is 1.50. The zero-order chi connectivity index (χ0) is 26.0. The largest absolute Gasteiger partial charge is 0.508 e. The molecule has 2 fully saturated rings. The van der Waals surface area contributed by atoms with Crippen LogP contribution in [0.3, 0.4) is 0 Å². The molecule has 38 heavy (non-hydrogen) atoms. The summed E-state index contributed by atoms with van der Waals surface area (Å²) in [6.07, 6.45) is 8.42. The number of piperidine rings is 1. The highest BCUT2D eigenvalue weighted by Gasteiger charge is 2.36. The van der Waals surface area contributed by atoms with Crippen LogP contribution in [0.1, 0.15) is 31.5 Å². The van der Waals surface area contributed by atoms with Crippen LogP contribution in [0.15, 0.2) is 48.7 Å². The van der Waals surface area contributed by atoms with Gasteiger partial charge in [-0.3, -0.25) is 0 Å². The first-order chi connectivity index (χ1) is 18.5. The van der Waals surface area contributed by atoms with Crippen molar-refractivity contribution in [1.29, 1.82) is 0 Å². The van der Waals surface area contributed by atoms with E-state index in [1.807, 2.05) is 24.3 Å². The molecule has 1 aliphatic carbocycles. The minimum Gasteiger partial charge on any atom is -0.508 e. The maximum absolute atomic E-state index is 16.7. The molecule has 3 heterocycles. The zero-order valence-corrected chi connectivity index (χ0v) is 22.2. The summed E-state index contributed by atoms with van der Waals surface area (Å²) >= 11 is 7.20. The third-order valence-corrected chi connectivity index (χ3v) is 9.01. The molecule has 3 aliphatic rings. The monoisotopic (exact) mass is 528 g/mol. The molecule has 194 valence electrons. The highest BCUT2D eigenvalue weighted by molar-refractivity contribution is 6.38. The van der Waals surface area contributed by atoms with Gasteiger partial charge in [0, 0.05) is 43.3 Å². The molecule has 7 rings (SSSR count). The van der Waals surface area contributed by atoms with Crippen molar-refractivity contribution in [2.24, 2.45) is 11.8 Å². The number of anilines is 1. The van der Waals surface area contributed by atoms with E-state index >= 15 is 4.39 Å². The lowest BCUT2D eigenvalue weighted by Gasteiger charge is -2.35. The summed E-state index contributed by atoms with van der Waals surface area (Å²) in [5.74, 6) is 1.43. The van der Waals surface area contributed by atoms with Gasteiger partial charge < -0.3 is 14.9 Å². The van der Waals surface area contributed by atoms with Crippen molar-refractivity contribution < 1.29 is 9.50 Å². The summed E-state index contributed by atoms with van der Waals surface area (Å²) in [5, 5.41) is 13.3. The molecule has 0 spiro atoms. The number of hydrogen-bond donors (Lipinski definition) is 1. The molecule has 1 N–H and O–H groups in total. The highest BCUT2D eigenvalue weighted by Crippen LogP contribution is 2.48. The van der Waals surface area contributed by atoms with E-state index in [-0.39, 0.29) is 11.3 Å². The molecule has 4 aromatic rings. The van der Waals surface area contributed by atoms with Gasteiger partial charge >= 0.3 is 0 Å². The number of benzene rings is 3. The highest BCUT2D eigenvalue weighted by atomic mass is 35.5. The van der Waals surface area contributed by atoms with Crippen molar-refractivity contribution in [2.45, 2.75) is 25.7 Å².